The smallest absolute Gasteiger partial charge is 0.255 e. The minimum Gasteiger partial charge on any atom is -0.330 e. The first-order chi connectivity index (χ1) is 10.8. The Hall–Kier alpha value is -1.98. The molecule has 0 aromatic heterocycles. The van der Waals surface area contributed by atoms with E-state index < -0.39 is 28.9 Å². The summed E-state index contributed by atoms with van der Waals surface area (Å²) < 4.78 is 51.1. The molecule has 1 amide bonds. The maximum Gasteiger partial charge on any atom is 0.255 e. The van der Waals surface area contributed by atoms with Crippen LogP contribution in [0.4, 0.5) is 8.78 Å². The minimum atomic E-state index is -3.75. The van der Waals surface area contributed by atoms with Gasteiger partial charge in [-0.3, -0.25) is 4.79 Å². The van der Waals surface area contributed by atoms with Gasteiger partial charge in [0.1, 0.15) is 0 Å². The Balaban J connectivity index is 2.15. The molecule has 1 aliphatic carbocycles. The molecule has 1 saturated carbocycles. The molecule has 0 aliphatic heterocycles. The number of terminal acetylenes is 1. The van der Waals surface area contributed by atoms with Crippen molar-refractivity contribution in [2.24, 2.45) is 0 Å². The molecule has 5 nitrogen and oxygen atoms in total. The standard InChI is InChI=1S/C15H16F2N2O3S/c1-2-9-18-23(21,22)13-7-3-11(4-8-13)15(20)19(10-14(16)17)12-5-6-12/h1,3-4,7-8,12,14,18H,5-6,9-10H2. The lowest BCUT2D eigenvalue weighted by atomic mass is 10.2. The molecule has 0 unspecified atom stereocenters. The van der Waals surface area contributed by atoms with E-state index in [1.165, 1.54) is 24.3 Å². The molecule has 1 aliphatic rings. The van der Waals surface area contributed by atoms with E-state index in [1.54, 1.807) is 0 Å². The zero-order valence-corrected chi connectivity index (χ0v) is 13.0. The average molecular weight is 342 g/mol. The van der Waals surface area contributed by atoms with Crippen LogP contribution in [0.2, 0.25) is 0 Å². The van der Waals surface area contributed by atoms with E-state index in [-0.39, 0.29) is 23.0 Å². The molecule has 1 aromatic carbocycles. The molecule has 0 radical (unpaired) electrons. The van der Waals surface area contributed by atoms with Crippen LogP contribution in [-0.2, 0) is 10.0 Å². The van der Waals surface area contributed by atoms with Crippen LogP contribution in [0.1, 0.15) is 23.2 Å². The number of sulfonamides is 1. The number of halogens is 2. The molecule has 1 fully saturated rings. The number of carbonyl (C=O) groups excluding carboxylic acids is 1. The van der Waals surface area contributed by atoms with Gasteiger partial charge in [0.2, 0.25) is 10.0 Å². The fourth-order valence-electron chi connectivity index (χ4n) is 2.10. The fourth-order valence-corrected chi connectivity index (χ4v) is 3.03. The van der Waals surface area contributed by atoms with E-state index in [0.29, 0.717) is 12.8 Å². The molecule has 0 atom stereocenters. The van der Waals surface area contributed by atoms with Crippen LogP contribution in [0.3, 0.4) is 0 Å². The maximum absolute atomic E-state index is 12.6. The van der Waals surface area contributed by atoms with Crippen LogP contribution in [0.25, 0.3) is 0 Å². The second-order valence-corrected chi connectivity index (χ2v) is 6.90. The van der Waals surface area contributed by atoms with Crippen LogP contribution in [0.15, 0.2) is 29.2 Å². The monoisotopic (exact) mass is 342 g/mol. The third-order valence-corrected chi connectivity index (χ3v) is 4.78. The van der Waals surface area contributed by atoms with Gasteiger partial charge in [-0.25, -0.2) is 17.2 Å². The van der Waals surface area contributed by atoms with Crippen molar-refractivity contribution in [2.75, 3.05) is 13.1 Å². The topological polar surface area (TPSA) is 66.5 Å². The van der Waals surface area contributed by atoms with E-state index in [2.05, 4.69) is 10.6 Å². The van der Waals surface area contributed by atoms with Crippen molar-refractivity contribution >= 4 is 15.9 Å². The lowest BCUT2D eigenvalue weighted by Gasteiger charge is -2.22. The molecule has 2 rings (SSSR count). The van der Waals surface area contributed by atoms with Crippen molar-refractivity contribution in [3.63, 3.8) is 0 Å². The maximum atomic E-state index is 12.6. The molecule has 1 N–H and O–H groups in total. The van der Waals surface area contributed by atoms with Gasteiger partial charge in [-0.2, -0.15) is 4.72 Å². The van der Waals surface area contributed by atoms with Gasteiger partial charge in [-0.05, 0) is 37.1 Å². The number of nitrogens with one attached hydrogen (secondary N) is 1. The summed E-state index contributed by atoms with van der Waals surface area (Å²) in [5.74, 6) is 1.63. The van der Waals surface area contributed by atoms with Crippen LogP contribution >= 0.6 is 0 Å². The highest BCUT2D eigenvalue weighted by molar-refractivity contribution is 7.89. The van der Waals surface area contributed by atoms with Crippen LogP contribution in [-0.4, -0.2) is 44.8 Å². The zero-order valence-electron chi connectivity index (χ0n) is 12.2. The highest BCUT2D eigenvalue weighted by Gasteiger charge is 2.34. The van der Waals surface area contributed by atoms with Crippen LogP contribution in [0.5, 0.6) is 0 Å². The molecule has 124 valence electrons. The normalized spacial score (nSPS) is 14.5. The summed E-state index contributed by atoms with van der Waals surface area (Å²) in [6.45, 7) is -0.764. The SMILES string of the molecule is C#CCNS(=O)(=O)c1ccc(C(=O)N(CC(F)F)C2CC2)cc1. The van der Waals surface area contributed by atoms with Gasteiger partial charge in [0, 0.05) is 11.6 Å². The molecule has 0 heterocycles. The molecule has 1 aromatic rings. The second kappa shape index (κ2) is 7.06. The summed E-state index contributed by atoms with van der Waals surface area (Å²) >= 11 is 0. The first-order valence-electron chi connectivity index (χ1n) is 6.97. The first-order valence-corrected chi connectivity index (χ1v) is 8.46. The Kier molecular flexibility index (Phi) is 5.34. The number of hydrogen-bond acceptors (Lipinski definition) is 3. The Morgan fingerprint density at radius 3 is 2.43 bits per heavy atom. The summed E-state index contributed by atoms with van der Waals surface area (Å²) in [5, 5.41) is 0. The molecule has 0 spiro atoms. The summed E-state index contributed by atoms with van der Waals surface area (Å²) in [6, 6.07) is 4.97. The van der Waals surface area contributed by atoms with Gasteiger partial charge in [-0.15, -0.1) is 6.42 Å². The number of hydrogen-bond donors (Lipinski definition) is 1. The van der Waals surface area contributed by atoms with Gasteiger partial charge in [0.15, 0.2) is 0 Å². The summed E-state index contributed by atoms with van der Waals surface area (Å²) in [6.07, 6.45) is 3.81. The molecule has 0 bridgehead atoms. The van der Waals surface area contributed by atoms with Crippen molar-refractivity contribution in [3.8, 4) is 12.3 Å². The van der Waals surface area contributed by atoms with Gasteiger partial charge in [0.05, 0.1) is 18.0 Å². The molecule has 0 saturated heterocycles. The second-order valence-electron chi connectivity index (χ2n) is 5.13. The number of amides is 1. The summed E-state index contributed by atoms with van der Waals surface area (Å²) in [7, 11) is -3.75. The number of alkyl halides is 2. The largest absolute Gasteiger partial charge is 0.330 e. The third-order valence-electron chi connectivity index (χ3n) is 3.36. The van der Waals surface area contributed by atoms with Crippen molar-refractivity contribution < 1.29 is 22.0 Å². The zero-order chi connectivity index (χ0) is 17.0. The number of benzene rings is 1. The Bertz CT molecular complexity index is 707. The highest BCUT2D eigenvalue weighted by Crippen LogP contribution is 2.29. The average Bonchev–Trinajstić information content (AvgIpc) is 3.35. The van der Waals surface area contributed by atoms with Gasteiger partial charge < -0.3 is 4.90 Å². The van der Waals surface area contributed by atoms with Gasteiger partial charge >= 0.3 is 0 Å². The first kappa shape index (κ1) is 17.4. The summed E-state index contributed by atoms with van der Waals surface area (Å²) in [4.78, 5) is 13.4. The highest BCUT2D eigenvalue weighted by atomic mass is 32.2. The third kappa shape index (κ3) is 4.50. The van der Waals surface area contributed by atoms with E-state index in [0.717, 1.165) is 4.90 Å². The van der Waals surface area contributed by atoms with Crippen molar-refractivity contribution in [3.05, 3.63) is 29.8 Å². The minimum absolute atomic E-state index is 0.0452. The fraction of sp³-hybridized carbons (Fsp3) is 0.400. The molecule has 8 heteroatoms. The Morgan fingerprint density at radius 1 is 1.35 bits per heavy atom. The lowest BCUT2D eigenvalue weighted by Crippen LogP contribution is -2.37. The van der Waals surface area contributed by atoms with Crippen LogP contribution < -0.4 is 4.72 Å². The van der Waals surface area contributed by atoms with Gasteiger partial charge in [-0.1, -0.05) is 5.92 Å². The van der Waals surface area contributed by atoms with E-state index in [1.807, 2.05) is 0 Å². The van der Waals surface area contributed by atoms with Crippen molar-refractivity contribution in [1.29, 1.82) is 0 Å². The predicted octanol–water partition coefficient (Wildman–Crippen LogP) is 1.47. The van der Waals surface area contributed by atoms with Crippen molar-refractivity contribution in [1.82, 2.24) is 9.62 Å². The Morgan fingerprint density at radius 2 is 1.96 bits per heavy atom. The van der Waals surface area contributed by atoms with Gasteiger partial charge in [0.25, 0.3) is 12.3 Å². The number of carbonyl (C=O) groups is 1. The molecular weight excluding hydrogens is 326 g/mol. The predicted molar refractivity (Wildman–Crippen MR) is 80.5 cm³/mol. The number of rotatable bonds is 7. The van der Waals surface area contributed by atoms with Crippen molar-refractivity contribution in [2.45, 2.75) is 30.2 Å². The molecule has 23 heavy (non-hydrogen) atoms. The quantitative estimate of drug-likeness (QED) is 0.763. The molecular formula is C15H16F2N2O3S. The van der Waals surface area contributed by atoms with E-state index in [9.17, 15) is 22.0 Å². The van der Waals surface area contributed by atoms with E-state index >= 15 is 0 Å². The summed E-state index contributed by atoms with van der Waals surface area (Å²) in [5.41, 5.74) is 0.174. The van der Waals surface area contributed by atoms with Crippen LogP contribution in [0, 0.1) is 12.3 Å². The van der Waals surface area contributed by atoms with E-state index in [4.69, 9.17) is 6.42 Å². The Labute approximate surface area is 133 Å². The number of nitrogens with zero attached hydrogens (tertiary/aromatic N) is 1. The lowest BCUT2D eigenvalue weighted by molar-refractivity contribution is 0.0534.